The van der Waals surface area contributed by atoms with Crippen LogP contribution in [0.4, 0.5) is 0 Å². The van der Waals surface area contributed by atoms with Crippen LogP contribution in [0, 0.1) is 0 Å². The maximum absolute atomic E-state index is 3.95. The number of aromatic nitrogens is 2. The van der Waals surface area contributed by atoms with Gasteiger partial charge in [-0.05, 0) is 30.7 Å². The van der Waals surface area contributed by atoms with E-state index in [0.29, 0.717) is 0 Å². The average molecular weight is 204 g/mol. The quantitative estimate of drug-likeness (QED) is 0.817. The van der Waals surface area contributed by atoms with Crippen LogP contribution in [0.5, 0.6) is 0 Å². The van der Waals surface area contributed by atoms with Crippen molar-refractivity contribution in [1.82, 2.24) is 9.97 Å². The summed E-state index contributed by atoms with van der Waals surface area (Å²) in [5.74, 6) is 0. The SMILES string of the molecule is CCc1ccc(/C=C/c2cnc[nH]2)s1. The monoisotopic (exact) mass is 204 g/mol. The largest absolute Gasteiger partial charge is 0.345 e. The maximum Gasteiger partial charge on any atom is 0.0924 e. The maximum atomic E-state index is 3.95. The Bertz CT molecular complexity index is 412. The lowest BCUT2D eigenvalue weighted by Gasteiger charge is -1.85. The summed E-state index contributed by atoms with van der Waals surface area (Å²) in [6.45, 7) is 2.17. The van der Waals surface area contributed by atoms with Crippen LogP contribution >= 0.6 is 11.3 Å². The van der Waals surface area contributed by atoms with E-state index in [2.05, 4.69) is 35.1 Å². The van der Waals surface area contributed by atoms with Gasteiger partial charge in [-0.2, -0.15) is 0 Å². The van der Waals surface area contributed by atoms with Crippen LogP contribution in [0.15, 0.2) is 24.7 Å². The zero-order chi connectivity index (χ0) is 9.80. The van der Waals surface area contributed by atoms with Crippen LogP contribution in [-0.4, -0.2) is 9.97 Å². The molecule has 2 rings (SSSR count). The number of aromatic amines is 1. The fourth-order valence-electron chi connectivity index (χ4n) is 1.20. The minimum Gasteiger partial charge on any atom is -0.345 e. The van der Waals surface area contributed by atoms with E-state index in [1.807, 2.05) is 23.6 Å². The first-order chi connectivity index (χ1) is 6.88. The highest BCUT2D eigenvalue weighted by atomic mass is 32.1. The van der Waals surface area contributed by atoms with Crippen LogP contribution in [0.3, 0.4) is 0 Å². The molecule has 0 aliphatic rings. The van der Waals surface area contributed by atoms with Gasteiger partial charge in [0.05, 0.1) is 18.2 Å². The molecule has 0 atom stereocenters. The van der Waals surface area contributed by atoms with E-state index >= 15 is 0 Å². The molecule has 0 spiro atoms. The molecule has 0 saturated heterocycles. The van der Waals surface area contributed by atoms with Crippen molar-refractivity contribution < 1.29 is 0 Å². The third-order valence-electron chi connectivity index (χ3n) is 1.98. The zero-order valence-electron chi connectivity index (χ0n) is 8.03. The Balaban J connectivity index is 2.10. The summed E-state index contributed by atoms with van der Waals surface area (Å²) in [6.07, 6.45) is 8.76. The van der Waals surface area contributed by atoms with E-state index in [1.54, 1.807) is 6.33 Å². The van der Waals surface area contributed by atoms with Gasteiger partial charge in [-0.1, -0.05) is 6.92 Å². The molecule has 0 aliphatic heterocycles. The van der Waals surface area contributed by atoms with Crippen molar-refractivity contribution in [1.29, 1.82) is 0 Å². The number of hydrogen-bond acceptors (Lipinski definition) is 2. The third-order valence-corrected chi connectivity index (χ3v) is 3.17. The highest BCUT2D eigenvalue weighted by Crippen LogP contribution is 2.18. The minimum absolute atomic E-state index is 1.04. The molecule has 0 aromatic carbocycles. The summed E-state index contributed by atoms with van der Waals surface area (Å²) in [7, 11) is 0. The van der Waals surface area contributed by atoms with Crippen LogP contribution < -0.4 is 0 Å². The normalized spacial score (nSPS) is 11.2. The van der Waals surface area contributed by atoms with Gasteiger partial charge in [-0.3, -0.25) is 0 Å². The second-order valence-corrected chi connectivity index (χ2v) is 4.20. The number of thiophene rings is 1. The highest BCUT2D eigenvalue weighted by Gasteiger charge is 1.94. The molecule has 0 amide bonds. The summed E-state index contributed by atoms with van der Waals surface area (Å²) in [6, 6.07) is 4.33. The second-order valence-electron chi connectivity index (χ2n) is 3.00. The number of hydrogen-bond donors (Lipinski definition) is 1. The van der Waals surface area contributed by atoms with E-state index in [1.165, 1.54) is 9.75 Å². The molecule has 0 aliphatic carbocycles. The molecule has 0 bridgehead atoms. The van der Waals surface area contributed by atoms with Gasteiger partial charge in [-0.25, -0.2) is 4.98 Å². The van der Waals surface area contributed by atoms with Crippen LogP contribution in [0.25, 0.3) is 12.2 Å². The Labute approximate surface area is 87.3 Å². The predicted octanol–water partition coefficient (Wildman–Crippen LogP) is 3.20. The van der Waals surface area contributed by atoms with Crippen LogP contribution in [0.2, 0.25) is 0 Å². The van der Waals surface area contributed by atoms with Crippen molar-refractivity contribution >= 4 is 23.5 Å². The van der Waals surface area contributed by atoms with Crippen LogP contribution in [-0.2, 0) is 6.42 Å². The smallest absolute Gasteiger partial charge is 0.0924 e. The van der Waals surface area contributed by atoms with Gasteiger partial charge >= 0.3 is 0 Å². The summed E-state index contributed by atoms with van der Waals surface area (Å²) in [4.78, 5) is 9.70. The van der Waals surface area contributed by atoms with Crippen molar-refractivity contribution in [2.24, 2.45) is 0 Å². The van der Waals surface area contributed by atoms with E-state index in [9.17, 15) is 0 Å². The highest BCUT2D eigenvalue weighted by molar-refractivity contribution is 7.12. The summed E-state index contributed by atoms with van der Waals surface area (Å²) in [5.41, 5.74) is 1.04. The zero-order valence-corrected chi connectivity index (χ0v) is 8.84. The Morgan fingerprint density at radius 3 is 3.00 bits per heavy atom. The summed E-state index contributed by atoms with van der Waals surface area (Å²) in [5, 5.41) is 0. The number of rotatable bonds is 3. The van der Waals surface area contributed by atoms with Crippen molar-refractivity contribution in [2.75, 3.05) is 0 Å². The van der Waals surface area contributed by atoms with Crippen molar-refractivity contribution in [2.45, 2.75) is 13.3 Å². The fraction of sp³-hybridized carbons (Fsp3) is 0.182. The van der Waals surface area contributed by atoms with Gasteiger partial charge in [0.2, 0.25) is 0 Å². The van der Waals surface area contributed by atoms with Gasteiger partial charge in [-0.15, -0.1) is 11.3 Å². The molecule has 0 unspecified atom stereocenters. The Kier molecular flexibility index (Phi) is 2.79. The van der Waals surface area contributed by atoms with E-state index in [4.69, 9.17) is 0 Å². The molecule has 2 aromatic rings. The lowest BCUT2D eigenvalue weighted by molar-refractivity contribution is 1.19. The molecule has 2 nitrogen and oxygen atoms in total. The van der Waals surface area contributed by atoms with Gasteiger partial charge < -0.3 is 4.98 Å². The second kappa shape index (κ2) is 4.24. The number of nitrogens with one attached hydrogen (secondary N) is 1. The lowest BCUT2D eigenvalue weighted by atomic mass is 10.3. The summed E-state index contributed by atoms with van der Waals surface area (Å²) >= 11 is 1.83. The van der Waals surface area contributed by atoms with Crippen molar-refractivity contribution in [3.8, 4) is 0 Å². The molecule has 0 saturated carbocycles. The summed E-state index contributed by atoms with van der Waals surface area (Å²) < 4.78 is 0. The molecule has 2 heterocycles. The number of H-pyrrole nitrogens is 1. The molecule has 2 aromatic heterocycles. The standard InChI is InChI=1S/C11H12N2S/c1-2-10-5-6-11(14-10)4-3-9-7-12-8-13-9/h3-8H,2H2,1H3,(H,12,13)/b4-3+. The molecular formula is C11H12N2S. The first-order valence-electron chi connectivity index (χ1n) is 4.63. The molecule has 0 radical (unpaired) electrons. The molecular weight excluding hydrogens is 192 g/mol. The van der Waals surface area contributed by atoms with E-state index in [0.717, 1.165) is 12.1 Å². The topological polar surface area (TPSA) is 28.7 Å². The minimum atomic E-state index is 1.04. The molecule has 1 N–H and O–H groups in total. The molecule has 72 valence electrons. The van der Waals surface area contributed by atoms with Gasteiger partial charge in [0, 0.05) is 9.75 Å². The number of aryl methyl sites for hydroxylation is 1. The Morgan fingerprint density at radius 2 is 2.36 bits per heavy atom. The Hall–Kier alpha value is -1.35. The number of nitrogens with zero attached hydrogens (tertiary/aromatic N) is 1. The van der Waals surface area contributed by atoms with E-state index in [-0.39, 0.29) is 0 Å². The Morgan fingerprint density at radius 1 is 1.43 bits per heavy atom. The van der Waals surface area contributed by atoms with Gasteiger partial charge in [0.25, 0.3) is 0 Å². The first kappa shape index (κ1) is 9.21. The third kappa shape index (κ3) is 2.12. The first-order valence-corrected chi connectivity index (χ1v) is 5.45. The predicted molar refractivity (Wildman–Crippen MR) is 61.2 cm³/mol. The van der Waals surface area contributed by atoms with Gasteiger partial charge in [0.15, 0.2) is 0 Å². The molecule has 3 heteroatoms. The van der Waals surface area contributed by atoms with Crippen molar-refractivity contribution in [3.63, 3.8) is 0 Å². The lowest BCUT2D eigenvalue weighted by Crippen LogP contribution is -1.66. The number of imidazole rings is 1. The van der Waals surface area contributed by atoms with Crippen molar-refractivity contribution in [3.05, 3.63) is 40.1 Å². The molecule has 14 heavy (non-hydrogen) atoms. The van der Waals surface area contributed by atoms with E-state index < -0.39 is 0 Å². The average Bonchev–Trinajstić information content (AvgIpc) is 2.86. The van der Waals surface area contributed by atoms with Gasteiger partial charge in [0.1, 0.15) is 0 Å². The fourth-order valence-corrected chi connectivity index (χ4v) is 2.06. The van der Waals surface area contributed by atoms with Crippen LogP contribution in [0.1, 0.15) is 22.4 Å². The molecule has 0 fully saturated rings.